The molecule has 3 nitrogen and oxygen atoms in total. The molecule has 23 heavy (non-hydrogen) atoms. The number of carbonyl (C=O) groups excluding carboxylic acids is 1. The Morgan fingerprint density at radius 2 is 1.70 bits per heavy atom. The fraction of sp³-hybridized carbons (Fsp3) is 0.632. The van der Waals surface area contributed by atoms with Gasteiger partial charge >= 0.3 is 145 Å². The third-order valence-electron chi connectivity index (χ3n) is 5.00. The Bertz CT molecular complexity index is 569. The average Bonchev–Trinajstić information content (AvgIpc) is 2.78. The normalized spacial score (nSPS) is 20.7. The van der Waals surface area contributed by atoms with Gasteiger partial charge in [-0.1, -0.05) is 0 Å². The molecule has 1 amide bonds. The van der Waals surface area contributed by atoms with Gasteiger partial charge in [0.15, 0.2) is 0 Å². The van der Waals surface area contributed by atoms with Crippen LogP contribution in [0.3, 0.4) is 0 Å². The molecule has 0 aliphatic heterocycles. The number of ether oxygens (including phenoxy) is 1. The van der Waals surface area contributed by atoms with Crippen molar-refractivity contribution >= 4 is 24.5 Å². The Morgan fingerprint density at radius 1 is 1.13 bits per heavy atom. The van der Waals surface area contributed by atoms with Gasteiger partial charge in [0.2, 0.25) is 0 Å². The second kappa shape index (κ2) is 6.65. The Kier molecular flexibility index (Phi) is 5.39. The summed E-state index contributed by atoms with van der Waals surface area (Å²) in [6.45, 7) is 8.21. The van der Waals surface area contributed by atoms with Crippen LogP contribution in [0.2, 0.25) is 14.8 Å². The van der Waals surface area contributed by atoms with E-state index in [4.69, 9.17) is 4.74 Å². The summed E-state index contributed by atoms with van der Waals surface area (Å²) in [5, 5.41) is 0. The first-order valence-corrected chi connectivity index (χ1v) is 18.7. The van der Waals surface area contributed by atoms with Crippen LogP contribution in [-0.2, 0) is 14.8 Å². The van der Waals surface area contributed by atoms with Crippen LogP contribution in [0, 0.1) is 0 Å². The van der Waals surface area contributed by atoms with Crippen LogP contribution < -0.4 is 0 Å². The number of nitrogens with zero attached hydrogens (tertiary/aromatic N) is 1. The first-order chi connectivity index (χ1) is 10.6. The molecule has 1 atom stereocenters. The summed E-state index contributed by atoms with van der Waals surface area (Å²) in [7, 11) is 0. The van der Waals surface area contributed by atoms with E-state index in [1.165, 1.54) is 11.1 Å². The predicted octanol–water partition coefficient (Wildman–Crippen LogP) is 4.96. The summed E-state index contributed by atoms with van der Waals surface area (Å²) in [4.78, 5) is 22.0. The molecule has 0 saturated carbocycles. The third kappa shape index (κ3) is 3.40. The molecule has 1 aliphatic carbocycles. The topological polar surface area (TPSA) is 29.5 Å². The van der Waals surface area contributed by atoms with Crippen molar-refractivity contribution in [1.82, 2.24) is 4.90 Å². The molecule has 0 saturated heterocycles. The molecule has 2 rings (SSSR count). The van der Waals surface area contributed by atoms with Crippen molar-refractivity contribution in [2.45, 2.75) is 71.1 Å². The monoisotopic (exact) mass is 425 g/mol. The van der Waals surface area contributed by atoms with Gasteiger partial charge < -0.3 is 0 Å². The van der Waals surface area contributed by atoms with Crippen molar-refractivity contribution in [3.8, 4) is 0 Å². The van der Waals surface area contributed by atoms with Crippen LogP contribution in [0.15, 0.2) is 24.3 Å². The van der Waals surface area contributed by atoms with Crippen LogP contribution >= 0.6 is 0 Å². The van der Waals surface area contributed by atoms with Crippen molar-refractivity contribution in [1.29, 1.82) is 0 Å². The Labute approximate surface area is 145 Å². The van der Waals surface area contributed by atoms with Gasteiger partial charge in [0.1, 0.15) is 0 Å². The second-order valence-corrected chi connectivity index (χ2v) is 23.3. The molecule has 0 bridgehead atoms. The fourth-order valence-corrected chi connectivity index (χ4v) is 10.5. The number of rotatable bonds is 4. The van der Waals surface area contributed by atoms with Gasteiger partial charge in [-0.2, -0.15) is 0 Å². The molecule has 0 fully saturated rings. The van der Waals surface area contributed by atoms with E-state index in [0.29, 0.717) is 0 Å². The number of aryl methyl sites for hydroxylation is 1. The first kappa shape index (κ1) is 18.6. The van der Waals surface area contributed by atoms with Gasteiger partial charge in [0.25, 0.3) is 0 Å². The molecule has 1 aromatic carbocycles. The maximum atomic E-state index is 13.0. The molecule has 0 N–H and O–H groups in total. The summed E-state index contributed by atoms with van der Waals surface area (Å²) in [6, 6.07) is 8.81. The molecule has 0 aromatic heterocycles. The van der Waals surface area contributed by atoms with Crippen molar-refractivity contribution in [2.24, 2.45) is 0 Å². The summed E-state index contributed by atoms with van der Waals surface area (Å²) in [6.07, 6.45) is 1.81. The fourth-order valence-electron chi connectivity index (χ4n) is 3.84. The van der Waals surface area contributed by atoms with Crippen molar-refractivity contribution in [2.75, 3.05) is 0 Å². The zero-order valence-corrected chi connectivity index (χ0v) is 18.5. The quantitative estimate of drug-likeness (QED) is 0.640. The number of benzene rings is 1. The molecule has 1 aliphatic rings. The van der Waals surface area contributed by atoms with Crippen molar-refractivity contribution in [3.05, 3.63) is 35.4 Å². The summed E-state index contributed by atoms with van der Waals surface area (Å²) in [5.41, 5.74) is 2.62. The number of carbonyl (C=O) groups is 1. The number of amides is 1. The van der Waals surface area contributed by atoms with E-state index in [2.05, 4.69) is 66.8 Å². The Morgan fingerprint density at radius 3 is 2.22 bits per heavy atom. The minimum atomic E-state index is -2.60. The van der Waals surface area contributed by atoms with Crippen LogP contribution in [0.25, 0.3) is 0 Å². The van der Waals surface area contributed by atoms with E-state index in [1.54, 1.807) is 0 Å². The van der Waals surface area contributed by atoms with Gasteiger partial charge in [0.05, 0.1) is 0 Å². The van der Waals surface area contributed by atoms with Crippen LogP contribution in [0.5, 0.6) is 0 Å². The van der Waals surface area contributed by atoms with E-state index in [0.717, 1.165) is 12.8 Å². The summed E-state index contributed by atoms with van der Waals surface area (Å²) < 4.78 is 6.01. The first-order valence-electron chi connectivity index (χ1n) is 8.70. The van der Waals surface area contributed by atoms with E-state index in [-0.39, 0.29) is 21.8 Å². The SMILES string of the molecule is CC(C)N(C(=O)O[C@]1([Sn]([CH3])([CH3])[CH3])CCc2ccccc21)C(C)C. The standard InChI is InChI=1S/C16H22NO2.3CH3.Sn/c1-11(2)17(12(3)4)16(18)19-15-10-9-13-7-5-6-8-14(13)15;;;;/h5-8,11-12H,9-10H2,1-4H3;3*1H3;. The van der Waals surface area contributed by atoms with Gasteiger partial charge in [-0.25, -0.2) is 0 Å². The molecule has 0 radical (unpaired) electrons. The van der Waals surface area contributed by atoms with Gasteiger partial charge in [-0.05, 0) is 0 Å². The molecule has 128 valence electrons. The van der Waals surface area contributed by atoms with E-state index >= 15 is 0 Å². The molecular weight excluding hydrogens is 393 g/mol. The van der Waals surface area contributed by atoms with E-state index in [9.17, 15) is 4.79 Å². The maximum absolute atomic E-state index is 13.0. The molecular formula is C19H31NO2Sn. The Hall–Kier alpha value is -0.711. The van der Waals surface area contributed by atoms with Crippen molar-refractivity contribution in [3.63, 3.8) is 0 Å². The van der Waals surface area contributed by atoms with Gasteiger partial charge in [0, 0.05) is 0 Å². The van der Waals surface area contributed by atoms with Gasteiger partial charge in [-0.3, -0.25) is 0 Å². The summed E-state index contributed by atoms with van der Waals surface area (Å²) >= 11 is -2.60. The Balaban J connectivity index is 2.42. The van der Waals surface area contributed by atoms with Gasteiger partial charge in [-0.15, -0.1) is 0 Å². The number of fused-ring (bicyclic) bond motifs is 1. The summed E-state index contributed by atoms with van der Waals surface area (Å²) in [5.74, 6) is 0. The van der Waals surface area contributed by atoms with Crippen molar-refractivity contribution < 1.29 is 9.53 Å². The van der Waals surface area contributed by atoms with Crippen LogP contribution in [-0.4, -0.2) is 41.5 Å². The third-order valence-corrected chi connectivity index (χ3v) is 13.7. The van der Waals surface area contributed by atoms with E-state index in [1.807, 2.05) is 4.90 Å². The minimum absolute atomic E-state index is 0.145. The predicted molar refractivity (Wildman–Crippen MR) is 98.4 cm³/mol. The van der Waals surface area contributed by atoms with Crippen LogP contribution in [0.4, 0.5) is 4.79 Å². The average molecular weight is 424 g/mol. The number of hydrogen-bond donors (Lipinski definition) is 0. The second-order valence-electron chi connectivity index (χ2n) is 8.20. The molecule has 0 heterocycles. The molecule has 1 aromatic rings. The molecule has 4 heteroatoms. The number of hydrogen-bond acceptors (Lipinski definition) is 2. The molecule has 0 spiro atoms. The zero-order valence-electron chi connectivity index (χ0n) is 15.6. The van der Waals surface area contributed by atoms with Crippen LogP contribution in [0.1, 0.15) is 45.2 Å². The van der Waals surface area contributed by atoms with E-state index < -0.39 is 18.4 Å². The zero-order chi connectivity index (χ0) is 17.4. The molecule has 0 unspecified atom stereocenters.